The van der Waals surface area contributed by atoms with Crippen molar-refractivity contribution in [1.82, 2.24) is 0 Å². The van der Waals surface area contributed by atoms with Gasteiger partial charge in [0.1, 0.15) is 0 Å². The number of hydrogen-bond donors (Lipinski definition) is 2. The summed E-state index contributed by atoms with van der Waals surface area (Å²) in [5, 5.41) is 6.52. The predicted molar refractivity (Wildman–Crippen MR) is 84.5 cm³/mol. The van der Waals surface area contributed by atoms with Gasteiger partial charge < -0.3 is 10.6 Å². The van der Waals surface area contributed by atoms with E-state index in [1.54, 1.807) is 0 Å². The quantitative estimate of drug-likeness (QED) is 0.892. The minimum atomic E-state index is -0.101. The van der Waals surface area contributed by atoms with Crippen LogP contribution >= 0.6 is 11.6 Å². The molecule has 3 nitrogen and oxygen atoms in total. The molecule has 0 aliphatic carbocycles. The maximum atomic E-state index is 11.9. The van der Waals surface area contributed by atoms with Crippen LogP contribution in [0.2, 0.25) is 5.02 Å². The van der Waals surface area contributed by atoms with Crippen LogP contribution in [0.3, 0.4) is 0 Å². The molecule has 0 aliphatic rings. The minimum Gasteiger partial charge on any atom is -0.375 e. The summed E-state index contributed by atoms with van der Waals surface area (Å²) in [4.78, 5) is 11.9. The second-order valence-electron chi connectivity index (χ2n) is 4.70. The topological polar surface area (TPSA) is 41.1 Å². The van der Waals surface area contributed by atoms with Gasteiger partial charge in [0.2, 0.25) is 5.91 Å². The predicted octanol–water partition coefficient (Wildman–Crippen LogP) is 4.01. The van der Waals surface area contributed by atoms with Gasteiger partial charge in [0.05, 0.1) is 17.3 Å². The summed E-state index contributed by atoms with van der Waals surface area (Å²) in [5.74, 6) is -0.101. The number of hydrogen-bond acceptors (Lipinski definition) is 2. The molecule has 2 N–H and O–H groups in total. The van der Waals surface area contributed by atoms with Crippen LogP contribution in [-0.2, 0) is 4.79 Å². The number of carbonyl (C=O) groups excluding carboxylic acids is 1. The Balaban J connectivity index is 1.94. The number of benzene rings is 2. The third-order valence-corrected chi connectivity index (χ3v) is 3.30. The second kappa shape index (κ2) is 6.44. The van der Waals surface area contributed by atoms with Crippen molar-refractivity contribution in [3.05, 3.63) is 58.6 Å². The van der Waals surface area contributed by atoms with Gasteiger partial charge in [-0.05, 0) is 43.2 Å². The molecular weight excluding hydrogens is 272 g/mol. The standard InChI is InChI=1S/C16H17ClN2O/c1-11-7-8-15(13(17)9-11)18-10-16(20)19-14-6-4-3-5-12(14)2/h3-9,18H,10H2,1-2H3,(H,19,20). The highest BCUT2D eigenvalue weighted by Gasteiger charge is 2.05. The number of carbonyl (C=O) groups is 1. The van der Waals surface area contributed by atoms with E-state index in [0.717, 1.165) is 22.5 Å². The number of halogens is 1. The number of aryl methyl sites for hydroxylation is 2. The summed E-state index contributed by atoms with van der Waals surface area (Å²) in [7, 11) is 0. The lowest BCUT2D eigenvalue weighted by Gasteiger charge is -2.11. The summed E-state index contributed by atoms with van der Waals surface area (Å²) in [5.41, 5.74) is 3.71. The zero-order valence-electron chi connectivity index (χ0n) is 11.5. The van der Waals surface area contributed by atoms with Crippen LogP contribution in [0.25, 0.3) is 0 Å². The molecule has 2 rings (SSSR count). The first-order valence-corrected chi connectivity index (χ1v) is 6.79. The highest BCUT2D eigenvalue weighted by Crippen LogP contribution is 2.22. The van der Waals surface area contributed by atoms with Gasteiger partial charge in [0.15, 0.2) is 0 Å². The summed E-state index contributed by atoms with van der Waals surface area (Å²) >= 11 is 6.10. The van der Waals surface area contributed by atoms with Gasteiger partial charge in [0, 0.05) is 5.69 Å². The third-order valence-electron chi connectivity index (χ3n) is 2.98. The van der Waals surface area contributed by atoms with E-state index in [9.17, 15) is 4.79 Å². The van der Waals surface area contributed by atoms with Crippen LogP contribution in [0.15, 0.2) is 42.5 Å². The van der Waals surface area contributed by atoms with Crippen molar-refractivity contribution in [2.24, 2.45) is 0 Å². The van der Waals surface area contributed by atoms with E-state index in [4.69, 9.17) is 11.6 Å². The molecule has 4 heteroatoms. The first-order chi connectivity index (χ1) is 9.56. The second-order valence-corrected chi connectivity index (χ2v) is 5.11. The van der Waals surface area contributed by atoms with E-state index in [2.05, 4.69) is 10.6 Å². The van der Waals surface area contributed by atoms with Crippen LogP contribution < -0.4 is 10.6 Å². The largest absolute Gasteiger partial charge is 0.375 e. The van der Waals surface area contributed by atoms with Gasteiger partial charge >= 0.3 is 0 Å². The molecule has 0 unspecified atom stereocenters. The molecule has 0 saturated carbocycles. The van der Waals surface area contributed by atoms with Crippen LogP contribution in [-0.4, -0.2) is 12.5 Å². The van der Waals surface area contributed by atoms with E-state index in [-0.39, 0.29) is 12.5 Å². The molecule has 0 fully saturated rings. The summed E-state index contributed by atoms with van der Waals surface area (Å²) in [6.45, 7) is 4.11. The maximum Gasteiger partial charge on any atom is 0.243 e. The molecule has 104 valence electrons. The first-order valence-electron chi connectivity index (χ1n) is 6.42. The normalized spacial score (nSPS) is 10.2. The molecule has 20 heavy (non-hydrogen) atoms. The molecule has 0 bridgehead atoms. The molecular formula is C16H17ClN2O. The van der Waals surface area contributed by atoms with Gasteiger partial charge in [-0.3, -0.25) is 4.79 Å². The Morgan fingerprint density at radius 3 is 2.55 bits per heavy atom. The lowest BCUT2D eigenvalue weighted by atomic mass is 10.2. The Morgan fingerprint density at radius 1 is 1.10 bits per heavy atom. The van der Waals surface area contributed by atoms with Crippen LogP contribution in [0.4, 0.5) is 11.4 Å². The van der Waals surface area contributed by atoms with E-state index in [1.165, 1.54) is 0 Å². The molecule has 1 amide bonds. The van der Waals surface area contributed by atoms with Crippen molar-refractivity contribution in [3.63, 3.8) is 0 Å². The number of para-hydroxylation sites is 1. The number of rotatable bonds is 4. The summed E-state index contributed by atoms with van der Waals surface area (Å²) < 4.78 is 0. The van der Waals surface area contributed by atoms with E-state index in [1.807, 2.05) is 56.3 Å². The third kappa shape index (κ3) is 3.75. The van der Waals surface area contributed by atoms with Crippen molar-refractivity contribution < 1.29 is 4.79 Å². The molecule has 0 aliphatic heterocycles. The van der Waals surface area contributed by atoms with Crippen molar-refractivity contribution in [1.29, 1.82) is 0 Å². The van der Waals surface area contributed by atoms with Crippen molar-refractivity contribution >= 4 is 28.9 Å². The highest BCUT2D eigenvalue weighted by atomic mass is 35.5. The number of nitrogens with one attached hydrogen (secondary N) is 2. The minimum absolute atomic E-state index is 0.101. The van der Waals surface area contributed by atoms with Gasteiger partial charge in [-0.1, -0.05) is 35.9 Å². The average molecular weight is 289 g/mol. The Hall–Kier alpha value is -2.00. The Labute approximate surface area is 124 Å². The SMILES string of the molecule is Cc1ccc(NCC(=O)Nc2ccccc2C)c(Cl)c1. The van der Waals surface area contributed by atoms with Gasteiger partial charge in [0.25, 0.3) is 0 Å². The van der Waals surface area contributed by atoms with Crippen molar-refractivity contribution in [3.8, 4) is 0 Å². The van der Waals surface area contributed by atoms with Crippen molar-refractivity contribution in [2.45, 2.75) is 13.8 Å². The molecule has 0 atom stereocenters. The van der Waals surface area contributed by atoms with Crippen LogP contribution in [0.5, 0.6) is 0 Å². The molecule has 2 aromatic carbocycles. The monoisotopic (exact) mass is 288 g/mol. The highest BCUT2D eigenvalue weighted by molar-refractivity contribution is 6.33. The van der Waals surface area contributed by atoms with Gasteiger partial charge in [-0.15, -0.1) is 0 Å². The first kappa shape index (κ1) is 14.4. The molecule has 0 radical (unpaired) electrons. The molecule has 0 spiro atoms. The molecule has 2 aromatic rings. The maximum absolute atomic E-state index is 11.9. The van der Waals surface area contributed by atoms with Crippen LogP contribution in [0.1, 0.15) is 11.1 Å². The molecule has 0 heterocycles. The fourth-order valence-electron chi connectivity index (χ4n) is 1.85. The fraction of sp³-hybridized carbons (Fsp3) is 0.188. The summed E-state index contributed by atoms with van der Waals surface area (Å²) in [6, 6.07) is 13.4. The Kier molecular flexibility index (Phi) is 4.64. The smallest absolute Gasteiger partial charge is 0.243 e. The molecule has 0 aromatic heterocycles. The zero-order chi connectivity index (χ0) is 14.5. The molecule has 0 saturated heterocycles. The lowest BCUT2D eigenvalue weighted by Crippen LogP contribution is -2.22. The van der Waals surface area contributed by atoms with Gasteiger partial charge in [-0.25, -0.2) is 0 Å². The van der Waals surface area contributed by atoms with E-state index >= 15 is 0 Å². The Bertz CT molecular complexity index is 626. The average Bonchev–Trinajstić information content (AvgIpc) is 2.40. The Morgan fingerprint density at radius 2 is 1.85 bits per heavy atom. The van der Waals surface area contributed by atoms with Crippen molar-refractivity contribution in [2.75, 3.05) is 17.2 Å². The number of amides is 1. The summed E-state index contributed by atoms with van der Waals surface area (Å²) in [6.07, 6.45) is 0. The van der Waals surface area contributed by atoms with E-state index < -0.39 is 0 Å². The van der Waals surface area contributed by atoms with Crippen LogP contribution in [0, 0.1) is 13.8 Å². The lowest BCUT2D eigenvalue weighted by molar-refractivity contribution is -0.114. The fourth-order valence-corrected chi connectivity index (χ4v) is 2.15. The number of anilines is 2. The zero-order valence-corrected chi connectivity index (χ0v) is 12.3. The van der Waals surface area contributed by atoms with Gasteiger partial charge in [-0.2, -0.15) is 0 Å². The van der Waals surface area contributed by atoms with E-state index in [0.29, 0.717) is 5.02 Å².